The largest absolute Gasteiger partial charge is 0.377 e. The van der Waals surface area contributed by atoms with Gasteiger partial charge in [0.05, 0.1) is 0 Å². The summed E-state index contributed by atoms with van der Waals surface area (Å²) in [4.78, 5) is 0. The standard InChI is InChI=1S/C23H43O3Si.3CH3.Pt/c1-24-27(25-2,26-3)22-18-14-12-10-8-6-4-5-7-9-11-13-15-19-23-20-16-17-21-23;;;;/h16,20H,4-15,17-19,22H2,1-3H3;3*1H3;. The third kappa shape index (κ3) is 12.3. The van der Waals surface area contributed by atoms with E-state index in [2.05, 4.69) is 28.1 Å². The van der Waals surface area contributed by atoms with Crippen molar-refractivity contribution in [1.29, 1.82) is 0 Å². The first-order valence-electron chi connectivity index (χ1n) is 12.3. The Morgan fingerprint density at radius 3 is 1.52 bits per heavy atom. The first-order chi connectivity index (χ1) is 14.9. The molecule has 0 spiro atoms. The van der Waals surface area contributed by atoms with Crippen molar-refractivity contribution < 1.29 is 29.3 Å². The maximum atomic E-state index is 5.48. The van der Waals surface area contributed by atoms with Crippen molar-refractivity contribution in [1.82, 2.24) is 0 Å². The van der Waals surface area contributed by atoms with E-state index in [9.17, 15) is 0 Å². The summed E-state index contributed by atoms with van der Waals surface area (Å²) in [5, 5.41) is 7.61. The Hall–Kier alpha value is 0.265. The minimum atomic E-state index is -2.34. The molecule has 0 aliphatic heterocycles. The molecule has 0 bridgehead atoms. The molecule has 0 amide bonds. The zero-order valence-corrected chi connectivity index (χ0v) is 24.8. The molecule has 0 radical (unpaired) electrons. The van der Waals surface area contributed by atoms with Crippen LogP contribution >= 0.6 is 0 Å². The zero-order valence-electron chi connectivity index (χ0n) is 21.5. The molecule has 0 aromatic rings. The van der Waals surface area contributed by atoms with E-state index in [-0.39, 0.29) is 0 Å². The fourth-order valence-electron chi connectivity index (χ4n) is 4.38. The van der Waals surface area contributed by atoms with Crippen molar-refractivity contribution in [2.75, 3.05) is 21.3 Å². The van der Waals surface area contributed by atoms with Gasteiger partial charge in [-0.25, -0.2) is 0 Å². The molecule has 0 N–H and O–H groups in total. The molecule has 0 aromatic heterocycles. The fourth-order valence-corrected chi connectivity index (χ4v) is 10.5. The van der Waals surface area contributed by atoms with Gasteiger partial charge in [-0.15, -0.1) is 0 Å². The van der Waals surface area contributed by atoms with Crippen LogP contribution in [0.4, 0.5) is 0 Å². The number of hydrogen-bond acceptors (Lipinski definition) is 3. The van der Waals surface area contributed by atoms with E-state index in [1.54, 1.807) is 26.9 Å². The minimum absolute atomic E-state index is 0.935. The molecule has 0 saturated carbocycles. The Kier molecular flexibility index (Phi) is 15.9. The number of hydrogen-bond donors (Lipinski definition) is 0. The van der Waals surface area contributed by atoms with Crippen LogP contribution in [0.5, 0.6) is 0 Å². The van der Waals surface area contributed by atoms with Crippen molar-refractivity contribution in [3.8, 4) is 0 Å². The van der Waals surface area contributed by atoms with E-state index in [4.69, 9.17) is 13.3 Å². The Labute approximate surface area is 199 Å². The smallest absolute Gasteiger partial charge is 0.0272 e. The van der Waals surface area contributed by atoms with E-state index >= 15 is 0 Å². The van der Waals surface area contributed by atoms with Crippen molar-refractivity contribution >= 4 is 8.80 Å². The summed E-state index contributed by atoms with van der Waals surface area (Å²) in [6.07, 6.45) is 25.3. The molecule has 0 fully saturated rings. The van der Waals surface area contributed by atoms with E-state index in [1.807, 2.05) is 3.96 Å². The van der Waals surface area contributed by atoms with E-state index in [1.165, 1.54) is 89.9 Å². The topological polar surface area (TPSA) is 27.7 Å². The summed E-state index contributed by atoms with van der Waals surface area (Å²) in [5.41, 5.74) is 1.71. The molecule has 0 saturated heterocycles. The Morgan fingerprint density at radius 1 is 0.677 bits per heavy atom. The molecule has 0 atom stereocenters. The van der Waals surface area contributed by atoms with Crippen LogP contribution in [0.2, 0.25) is 22.0 Å². The Bertz CT molecular complexity index is 513. The monoisotopic (exact) mass is 635 g/mol. The molecule has 1 rings (SSSR count). The molecule has 188 valence electrons. The fraction of sp³-hybridized carbons (Fsp3) is 0.846. The van der Waals surface area contributed by atoms with E-state index < -0.39 is 24.9 Å². The average Bonchev–Trinajstić information content (AvgIpc) is 3.23. The maximum Gasteiger partial charge on any atom is 0.0272 e. The first-order valence-corrected chi connectivity index (χ1v) is 22.2. The van der Waals surface area contributed by atoms with Crippen LogP contribution in [0.25, 0.3) is 0 Å². The van der Waals surface area contributed by atoms with Crippen molar-refractivity contribution in [3.63, 3.8) is 0 Å². The minimum Gasteiger partial charge on any atom is -0.377 e. The second-order valence-corrected chi connectivity index (χ2v) is 24.0. The van der Waals surface area contributed by atoms with Gasteiger partial charge in [0.15, 0.2) is 0 Å². The van der Waals surface area contributed by atoms with E-state index in [0.29, 0.717) is 0 Å². The van der Waals surface area contributed by atoms with Gasteiger partial charge in [0, 0.05) is 27.4 Å². The predicted molar refractivity (Wildman–Crippen MR) is 135 cm³/mol. The van der Waals surface area contributed by atoms with Gasteiger partial charge in [0.25, 0.3) is 0 Å². The molecule has 1 aliphatic carbocycles. The molecule has 0 aromatic carbocycles. The first kappa shape index (κ1) is 29.3. The molecule has 31 heavy (non-hydrogen) atoms. The average molecular weight is 636 g/mol. The van der Waals surface area contributed by atoms with Crippen molar-refractivity contribution in [2.45, 2.75) is 118 Å². The van der Waals surface area contributed by atoms with Crippen LogP contribution in [-0.2, 0) is 29.3 Å². The van der Waals surface area contributed by atoms with Gasteiger partial charge in [-0.1, -0.05) is 19.3 Å². The predicted octanol–water partition coefficient (Wildman–Crippen LogP) is 8.84. The number of rotatable bonds is 20. The second-order valence-electron chi connectivity index (χ2n) is 9.31. The van der Waals surface area contributed by atoms with Crippen LogP contribution in [0.1, 0.15) is 96.3 Å². The third-order valence-corrected chi connectivity index (χ3v) is 14.5. The number of unbranched alkanes of at least 4 members (excludes halogenated alkanes) is 12. The number of allylic oxidation sites excluding steroid dienone is 4. The third-order valence-electron chi connectivity index (χ3n) is 6.37. The van der Waals surface area contributed by atoms with Crippen molar-refractivity contribution in [2.24, 2.45) is 0 Å². The van der Waals surface area contributed by atoms with Gasteiger partial charge in [-0.3, -0.25) is 0 Å². The van der Waals surface area contributed by atoms with Crippen molar-refractivity contribution in [3.05, 3.63) is 21.7 Å². The second kappa shape index (κ2) is 16.8. The van der Waals surface area contributed by atoms with Gasteiger partial charge < -0.3 is 13.3 Å². The van der Waals surface area contributed by atoms with Crippen LogP contribution in [0.3, 0.4) is 0 Å². The van der Waals surface area contributed by atoms with E-state index in [0.717, 1.165) is 12.5 Å². The van der Waals surface area contributed by atoms with Crippen LogP contribution in [0.15, 0.2) is 21.7 Å². The zero-order chi connectivity index (χ0) is 23.0. The van der Waals surface area contributed by atoms with Gasteiger partial charge in [-0.2, -0.15) is 0 Å². The summed E-state index contributed by atoms with van der Waals surface area (Å²) < 4.78 is 18.3. The molecule has 1 aliphatic rings. The summed E-state index contributed by atoms with van der Waals surface area (Å²) in [6.45, 7) is 0. The SMILES string of the molecule is CO[Si](CCCCCCCCCCCCCCCC1=[C]([Pt]([CH3])([CH3])[CH3])CC=C1)(OC)OC. The Balaban J connectivity index is 1.89. The Morgan fingerprint density at radius 2 is 1.10 bits per heavy atom. The van der Waals surface area contributed by atoms with Gasteiger partial charge in [-0.05, 0) is 6.42 Å². The molecule has 0 unspecified atom stereocenters. The molecular formula is C26H52O3PtSi. The molecular weight excluding hydrogens is 583 g/mol. The maximum absolute atomic E-state index is 5.48. The van der Waals surface area contributed by atoms with Crippen LogP contribution in [-0.4, -0.2) is 30.1 Å². The normalized spacial score (nSPS) is 15.3. The quantitative estimate of drug-likeness (QED) is 0.0989. The van der Waals surface area contributed by atoms with Crippen LogP contribution in [0, 0.1) is 0 Å². The summed E-state index contributed by atoms with van der Waals surface area (Å²) in [6, 6.07) is 0.935. The summed E-state index contributed by atoms with van der Waals surface area (Å²) >= 11 is -1.54. The van der Waals surface area contributed by atoms with Gasteiger partial charge in [0.2, 0.25) is 0 Å². The summed E-state index contributed by atoms with van der Waals surface area (Å²) in [5.74, 6) is 0. The van der Waals surface area contributed by atoms with Gasteiger partial charge >= 0.3 is 133 Å². The molecule has 0 heterocycles. The molecule has 3 nitrogen and oxygen atoms in total. The van der Waals surface area contributed by atoms with Crippen LogP contribution < -0.4 is 0 Å². The molecule has 5 heteroatoms. The summed E-state index contributed by atoms with van der Waals surface area (Å²) in [7, 11) is 2.77. The van der Waals surface area contributed by atoms with Gasteiger partial charge in [0.1, 0.15) is 0 Å².